The molecule has 1 heterocycles. The minimum absolute atomic E-state index is 0.0271. The van der Waals surface area contributed by atoms with Gasteiger partial charge in [0.1, 0.15) is 5.82 Å². The molecule has 2 rings (SSSR count). The number of hydrogen-bond acceptors (Lipinski definition) is 3. The molecule has 0 aliphatic carbocycles. The summed E-state index contributed by atoms with van der Waals surface area (Å²) in [5.74, 6) is 0.0229. The van der Waals surface area contributed by atoms with Gasteiger partial charge in [0.25, 0.3) is 0 Å². The number of nitrogens with zero attached hydrogens (tertiary/aromatic N) is 1. The molecule has 0 amide bonds. The second kappa shape index (κ2) is 6.76. The first-order chi connectivity index (χ1) is 10.3. The summed E-state index contributed by atoms with van der Waals surface area (Å²) in [7, 11) is 0. The lowest BCUT2D eigenvalue weighted by atomic mass is 10.2. The monoisotopic (exact) mass is 394 g/mol. The van der Waals surface area contributed by atoms with Crippen molar-refractivity contribution in [3.63, 3.8) is 0 Å². The summed E-state index contributed by atoms with van der Waals surface area (Å²) >= 11 is 1.30. The summed E-state index contributed by atoms with van der Waals surface area (Å²) in [6, 6.07) is 6.61. The van der Waals surface area contributed by atoms with Crippen molar-refractivity contribution in [2.45, 2.75) is 11.9 Å². The fourth-order valence-corrected chi connectivity index (χ4v) is 2.70. The van der Waals surface area contributed by atoms with Gasteiger partial charge in [0.15, 0.2) is 11.1 Å². The van der Waals surface area contributed by atoms with Crippen molar-refractivity contribution in [3.8, 4) is 0 Å². The van der Waals surface area contributed by atoms with Crippen LogP contribution in [0.5, 0.6) is 0 Å². The lowest BCUT2D eigenvalue weighted by Gasteiger charge is -2.11. The zero-order valence-corrected chi connectivity index (χ0v) is 13.3. The van der Waals surface area contributed by atoms with Gasteiger partial charge < -0.3 is 9.87 Å². The SMILES string of the molecule is O=S(O)Cc1ccc(Nc2cc(C(F)(F)F)ccn2)c(Br)c1. The van der Waals surface area contributed by atoms with Gasteiger partial charge in [0.05, 0.1) is 17.0 Å². The van der Waals surface area contributed by atoms with Crippen LogP contribution in [-0.2, 0) is 23.0 Å². The van der Waals surface area contributed by atoms with Gasteiger partial charge in [0.2, 0.25) is 0 Å². The molecule has 2 N–H and O–H groups in total. The van der Waals surface area contributed by atoms with Gasteiger partial charge in [0, 0.05) is 10.7 Å². The Labute approximate surface area is 135 Å². The van der Waals surface area contributed by atoms with Gasteiger partial charge in [-0.1, -0.05) is 6.07 Å². The molecular formula is C13H10BrF3N2O2S. The van der Waals surface area contributed by atoms with Crippen LogP contribution in [0.25, 0.3) is 0 Å². The molecule has 1 unspecified atom stereocenters. The first-order valence-corrected chi connectivity index (χ1v) is 7.99. The predicted molar refractivity (Wildman–Crippen MR) is 81.1 cm³/mol. The fourth-order valence-electron chi connectivity index (χ4n) is 1.71. The van der Waals surface area contributed by atoms with E-state index in [1.165, 1.54) is 0 Å². The molecule has 0 spiro atoms. The maximum absolute atomic E-state index is 12.6. The molecular weight excluding hydrogens is 385 g/mol. The van der Waals surface area contributed by atoms with Crippen LogP contribution in [0.1, 0.15) is 11.1 Å². The average Bonchev–Trinajstić information content (AvgIpc) is 2.41. The van der Waals surface area contributed by atoms with Crippen LogP contribution in [0.2, 0.25) is 0 Å². The van der Waals surface area contributed by atoms with E-state index in [-0.39, 0.29) is 11.6 Å². The van der Waals surface area contributed by atoms with Crippen LogP contribution in [-0.4, -0.2) is 13.7 Å². The molecule has 1 atom stereocenters. The summed E-state index contributed by atoms with van der Waals surface area (Å²) in [5, 5.41) is 2.77. The van der Waals surface area contributed by atoms with E-state index in [2.05, 4.69) is 26.2 Å². The Morgan fingerprint density at radius 2 is 2.00 bits per heavy atom. The highest BCUT2D eigenvalue weighted by atomic mass is 79.9. The quantitative estimate of drug-likeness (QED) is 0.757. The van der Waals surface area contributed by atoms with Crippen LogP contribution < -0.4 is 5.32 Å². The number of hydrogen-bond donors (Lipinski definition) is 2. The highest BCUT2D eigenvalue weighted by molar-refractivity contribution is 9.10. The van der Waals surface area contributed by atoms with Gasteiger partial charge in [-0.05, 0) is 45.8 Å². The Balaban J connectivity index is 2.22. The summed E-state index contributed by atoms with van der Waals surface area (Å²) in [6.45, 7) is 0. The molecule has 1 aromatic carbocycles. The van der Waals surface area contributed by atoms with E-state index in [9.17, 15) is 17.4 Å². The van der Waals surface area contributed by atoms with Gasteiger partial charge in [-0.25, -0.2) is 9.19 Å². The second-order valence-electron chi connectivity index (χ2n) is 4.33. The molecule has 0 aliphatic rings. The van der Waals surface area contributed by atoms with Crippen molar-refractivity contribution in [1.82, 2.24) is 4.98 Å². The number of rotatable bonds is 4. The highest BCUT2D eigenvalue weighted by Gasteiger charge is 2.30. The Morgan fingerprint density at radius 3 is 2.59 bits per heavy atom. The Bertz CT molecular complexity index is 710. The van der Waals surface area contributed by atoms with E-state index in [4.69, 9.17) is 4.55 Å². The van der Waals surface area contributed by atoms with Crippen molar-refractivity contribution in [2.75, 3.05) is 5.32 Å². The molecule has 0 saturated heterocycles. The molecule has 1 aromatic heterocycles. The zero-order valence-electron chi connectivity index (χ0n) is 10.9. The normalized spacial score (nSPS) is 13.0. The molecule has 118 valence electrons. The van der Waals surface area contributed by atoms with E-state index in [0.717, 1.165) is 18.3 Å². The van der Waals surface area contributed by atoms with E-state index >= 15 is 0 Å². The average molecular weight is 395 g/mol. The van der Waals surface area contributed by atoms with Crippen LogP contribution in [0.3, 0.4) is 0 Å². The summed E-state index contributed by atoms with van der Waals surface area (Å²) in [4.78, 5) is 3.84. The highest BCUT2D eigenvalue weighted by Crippen LogP contribution is 2.32. The number of aromatic nitrogens is 1. The molecule has 0 saturated carbocycles. The van der Waals surface area contributed by atoms with Crippen molar-refractivity contribution in [3.05, 3.63) is 52.1 Å². The predicted octanol–water partition coefficient (Wildman–Crippen LogP) is 4.33. The third-order valence-electron chi connectivity index (χ3n) is 2.67. The number of alkyl halides is 3. The van der Waals surface area contributed by atoms with Crippen LogP contribution in [0, 0.1) is 0 Å². The molecule has 2 aromatic rings. The Kier molecular flexibility index (Phi) is 5.20. The summed E-state index contributed by atoms with van der Waals surface area (Å²) in [5.41, 5.74) is 0.322. The second-order valence-corrected chi connectivity index (χ2v) is 6.12. The number of anilines is 2. The molecule has 0 fully saturated rings. The number of nitrogens with one attached hydrogen (secondary N) is 1. The van der Waals surface area contributed by atoms with Crippen LogP contribution in [0.15, 0.2) is 41.0 Å². The van der Waals surface area contributed by atoms with Crippen LogP contribution in [0.4, 0.5) is 24.7 Å². The Hall–Kier alpha value is -1.45. The molecule has 9 heteroatoms. The number of halogens is 4. The third kappa shape index (κ3) is 4.52. The largest absolute Gasteiger partial charge is 0.416 e. The van der Waals surface area contributed by atoms with Gasteiger partial charge >= 0.3 is 6.18 Å². The third-order valence-corrected chi connectivity index (χ3v) is 3.91. The van der Waals surface area contributed by atoms with Crippen molar-refractivity contribution in [2.24, 2.45) is 0 Å². The van der Waals surface area contributed by atoms with Gasteiger partial charge in [-0.3, -0.25) is 0 Å². The standard InChI is InChI=1S/C13H10BrF3N2O2S/c14-10-5-8(7-22(20)21)1-2-11(10)19-12-6-9(3-4-18-12)13(15,16)17/h1-6H,7H2,(H,18,19)(H,20,21). The number of pyridine rings is 1. The van der Waals surface area contributed by atoms with E-state index in [1.807, 2.05) is 0 Å². The maximum atomic E-state index is 12.6. The van der Waals surface area contributed by atoms with Crippen molar-refractivity contribution >= 4 is 38.5 Å². The molecule has 0 aliphatic heterocycles. The minimum atomic E-state index is -4.44. The van der Waals surface area contributed by atoms with E-state index < -0.39 is 22.8 Å². The molecule has 4 nitrogen and oxygen atoms in total. The zero-order chi connectivity index (χ0) is 16.3. The van der Waals surface area contributed by atoms with Gasteiger partial charge in [-0.15, -0.1) is 0 Å². The molecule has 0 radical (unpaired) electrons. The molecule has 0 bridgehead atoms. The van der Waals surface area contributed by atoms with Gasteiger partial charge in [-0.2, -0.15) is 13.2 Å². The summed E-state index contributed by atoms with van der Waals surface area (Å²) in [6.07, 6.45) is -3.37. The topological polar surface area (TPSA) is 62.2 Å². The minimum Gasteiger partial charge on any atom is -0.339 e. The van der Waals surface area contributed by atoms with Crippen LogP contribution >= 0.6 is 15.9 Å². The van der Waals surface area contributed by atoms with E-state index in [1.54, 1.807) is 18.2 Å². The lowest BCUT2D eigenvalue weighted by molar-refractivity contribution is -0.137. The summed E-state index contributed by atoms with van der Waals surface area (Å²) < 4.78 is 58.1. The smallest absolute Gasteiger partial charge is 0.339 e. The molecule has 22 heavy (non-hydrogen) atoms. The first kappa shape index (κ1) is 16.9. The van der Waals surface area contributed by atoms with Crippen molar-refractivity contribution in [1.29, 1.82) is 0 Å². The maximum Gasteiger partial charge on any atom is 0.416 e. The lowest BCUT2D eigenvalue weighted by Crippen LogP contribution is -2.06. The van der Waals surface area contributed by atoms with Crippen molar-refractivity contribution < 1.29 is 21.9 Å². The Morgan fingerprint density at radius 1 is 1.27 bits per heavy atom. The van der Waals surface area contributed by atoms with E-state index in [0.29, 0.717) is 15.7 Å². The first-order valence-electron chi connectivity index (χ1n) is 5.92. The number of benzene rings is 1. The fraction of sp³-hybridized carbons (Fsp3) is 0.154.